The zero-order valence-electron chi connectivity index (χ0n) is 8.96. The molecule has 0 bridgehead atoms. The minimum absolute atomic E-state index is 0.350. The molecule has 0 amide bonds. The standard InChI is InChI=1S/C11H11ClFN3/c1-7-6-16(11(14-2)15-7)10-4-3-8(13)5-9(10)12/h3-6H,1-2H3,(H,14,15). The Bertz CT molecular complexity index is 522. The van der Waals surface area contributed by atoms with Crippen molar-refractivity contribution < 1.29 is 4.39 Å². The maximum Gasteiger partial charge on any atom is 0.207 e. The number of nitrogens with one attached hydrogen (secondary N) is 1. The molecule has 1 aromatic heterocycles. The molecule has 0 aliphatic heterocycles. The van der Waals surface area contributed by atoms with Gasteiger partial charge in [0.05, 0.1) is 16.4 Å². The first-order chi connectivity index (χ1) is 7.61. The third kappa shape index (κ3) is 1.88. The Hall–Kier alpha value is -1.55. The lowest BCUT2D eigenvalue weighted by atomic mass is 10.3. The SMILES string of the molecule is CNc1nc(C)cn1-c1ccc(F)cc1Cl. The summed E-state index contributed by atoms with van der Waals surface area (Å²) < 4.78 is 14.7. The second-order valence-electron chi connectivity index (χ2n) is 3.42. The molecule has 0 saturated heterocycles. The molecule has 0 radical (unpaired) electrons. The van der Waals surface area contributed by atoms with Crippen LogP contribution in [0, 0.1) is 12.7 Å². The summed E-state index contributed by atoms with van der Waals surface area (Å²) in [6.45, 7) is 1.88. The molecule has 0 spiro atoms. The predicted molar refractivity (Wildman–Crippen MR) is 62.8 cm³/mol. The number of nitrogens with zero attached hydrogens (tertiary/aromatic N) is 2. The summed E-state index contributed by atoms with van der Waals surface area (Å²) in [7, 11) is 1.77. The van der Waals surface area contributed by atoms with Gasteiger partial charge in [-0.2, -0.15) is 0 Å². The molecule has 2 rings (SSSR count). The van der Waals surface area contributed by atoms with Crippen molar-refractivity contribution in [3.63, 3.8) is 0 Å². The van der Waals surface area contributed by atoms with Crippen LogP contribution < -0.4 is 5.32 Å². The van der Waals surface area contributed by atoms with E-state index in [1.165, 1.54) is 12.1 Å². The van der Waals surface area contributed by atoms with Crippen LogP contribution >= 0.6 is 11.6 Å². The highest BCUT2D eigenvalue weighted by atomic mass is 35.5. The number of imidazole rings is 1. The topological polar surface area (TPSA) is 29.9 Å². The van der Waals surface area contributed by atoms with Crippen LogP contribution in [0.2, 0.25) is 5.02 Å². The monoisotopic (exact) mass is 239 g/mol. The molecule has 0 unspecified atom stereocenters. The van der Waals surface area contributed by atoms with Gasteiger partial charge in [0.15, 0.2) is 0 Å². The largest absolute Gasteiger partial charge is 0.358 e. The number of hydrogen-bond acceptors (Lipinski definition) is 2. The molecule has 1 N–H and O–H groups in total. The molecule has 1 aromatic carbocycles. The van der Waals surface area contributed by atoms with E-state index in [9.17, 15) is 4.39 Å². The van der Waals surface area contributed by atoms with Crippen molar-refractivity contribution in [3.8, 4) is 5.69 Å². The molecule has 0 aliphatic rings. The number of hydrogen-bond donors (Lipinski definition) is 1. The van der Waals surface area contributed by atoms with E-state index in [0.29, 0.717) is 16.7 Å². The van der Waals surface area contributed by atoms with Crippen LogP contribution in [-0.4, -0.2) is 16.6 Å². The quantitative estimate of drug-likeness (QED) is 0.873. The fourth-order valence-corrected chi connectivity index (χ4v) is 1.79. The van der Waals surface area contributed by atoms with Crippen molar-refractivity contribution in [1.82, 2.24) is 9.55 Å². The molecule has 0 atom stereocenters. The third-order valence-corrected chi connectivity index (χ3v) is 2.52. The minimum Gasteiger partial charge on any atom is -0.358 e. The zero-order valence-corrected chi connectivity index (χ0v) is 9.72. The molecule has 16 heavy (non-hydrogen) atoms. The van der Waals surface area contributed by atoms with Crippen LogP contribution in [-0.2, 0) is 0 Å². The first-order valence-electron chi connectivity index (χ1n) is 4.81. The number of benzene rings is 1. The summed E-state index contributed by atoms with van der Waals surface area (Å²) in [5.74, 6) is 0.322. The van der Waals surface area contributed by atoms with E-state index >= 15 is 0 Å². The van der Waals surface area contributed by atoms with Crippen molar-refractivity contribution in [1.29, 1.82) is 0 Å². The summed E-state index contributed by atoms with van der Waals surface area (Å²) in [6, 6.07) is 4.28. The van der Waals surface area contributed by atoms with Crippen molar-refractivity contribution >= 4 is 17.5 Å². The van der Waals surface area contributed by atoms with E-state index in [1.54, 1.807) is 17.7 Å². The van der Waals surface area contributed by atoms with E-state index in [2.05, 4.69) is 10.3 Å². The van der Waals surface area contributed by atoms with E-state index in [0.717, 1.165) is 5.69 Å². The predicted octanol–water partition coefficient (Wildman–Crippen LogP) is 3.01. The average molecular weight is 240 g/mol. The summed E-state index contributed by atoms with van der Waals surface area (Å²) in [6.07, 6.45) is 1.84. The highest BCUT2D eigenvalue weighted by Gasteiger charge is 2.09. The van der Waals surface area contributed by atoms with E-state index in [-0.39, 0.29) is 5.82 Å². The lowest BCUT2D eigenvalue weighted by molar-refractivity contribution is 0.627. The Kier molecular flexibility index (Phi) is 2.83. The molecule has 2 aromatic rings. The van der Waals surface area contributed by atoms with Gasteiger partial charge >= 0.3 is 0 Å². The van der Waals surface area contributed by atoms with Crippen LogP contribution in [0.4, 0.5) is 10.3 Å². The highest BCUT2D eigenvalue weighted by Crippen LogP contribution is 2.24. The number of aromatic nitrogens is 2. The normalized spacial score (nSPS) is 10.5. The molecule has 0 aliphatic carbocycles. The van der Waals surface area contributed by atoms with E-state index < -0.39 is 0 Å². The number of rotatable bonds is 2. The van der Waals surface area contributed by atoms with Crippen molar-refractivity contribution in [2.24, 2.45) is 0 Å². The molecule has 84 valence electrons. The number of halogens is 2. The van der Waals surface area contributed by atoms with Crippen molar-refractivity contribution in [2.45, 2.75) is 6.92 Å². The summed E-state index contributed by atoms with van der Waals surface area (Å²) in [5.41, 5.74) is 1.57. The van der Waals surface area contributed by atoms with Crippen LogP contribution in [0.1, 0.15) is 5.69 Å². The van der Waals surface area contributed by atoms with Crippen LogP contribution in [0.25, 0.3) is 5.69 Å². The number of aryl methyl sites for hydroxylation is 1. The van der Waals surface area contributed by atoms with Gasteiger partial charge in [0.25, 0.3) is 0 Å². The molecular weight excluding hydrogens is 229 g/mol. The minimum atomic E-state index is -0.350. The zero-order chi connectivity index (χ0) is 11.7. The Morgan fingerprint density at radius 1 is 1.44 bits per heavy atom. The maximum absolute atomic E-state index is 12.9. The maximum atomic E-state index is 12.9. The Labute approximate surface area is 97.9 Å². The van der Waals surface area contributed by atoms with Gasteiger partial charge in [-0.05, 0) is 25.1 Å². The molecule has 3 nitrogen and oxygen atoms in total. The van der Waals surface area contributed by atoms with Crippen LogP contribution in [0.3, 0.4) is 0 Å². The molecule has 5 heteroatoms. The first-order valence-corrected chi connectivity index (χ1v) is 5.19. The van der Waals surface area contributed by atoms with Gasteiger partial charge in [-0.25, -0.2) is 9.37 Å². The third-order valence-electron chi connectivity index (χ3n) is 2.22. The smallest absolute Gasteiger partial charge is 0.207 e. The van der Waals surface area contributed by atoms with Gasteiger partial charge in [-0.15, -0.1) is 0 Å². The Morgan fingerprint density at radius 3 is 2.81 bits per heavy atom. The van der Waals surface area contributed by atoms with Crippen LogP contribution in [0.5, 0.6) is 0 Å². The van der Waals surface area contributed by atoms with E-state index in [4.69, 9.17) is 11.6 Å². The van der Waals surface area contributed by atoms with Gasteiger partial charge in [0.1, 0.15) is 5.82 Å². The highest BCUT2D eigenvalue weighted by molar-refractivity contribution is 6.32. The van der Waals surface area contributed by atoms with Gasteiger partial charge in [0, 0.05) is 13.2 Å². The summed E-state index contributed by atoms with van der Waals surface area (Å²) >= 11 is 5.99. The van der Waals surface area contributed by atoms with E-state index in [1.807, 2.05) is 13.1 Å². The molecular formula is C11H11ClFN3. The van der Waals surface area contributed by atoms with Gasteiger partial charge in [0.2, 0.25) is 5.95 Å². The Morgan fingerprint density at radius 2 is 2.19 bits per heavy atom. The second-order valence-corrected chi connectivity index (χ2v) is 3.83. The molecule has 1 heterocycles. The van der Waals surface area contributed by atoms with Crippen molar-refractivity contribution in [3.05, 3.63) is 40.9 Å². The lowest BCUT2D eigenvalue weighted by Gasteiger charge is -2.08. The fraction of sp³-hybridized carbons (Fsp3) is 0.182. The van der Waals surface area contributed by atoms with Crippen LogP contribution in [0.15, 0.2) is 24.4 Å². The molecule has 0 saturated carbocycles. The first kappa shape index (κ1) is 11.0. The summed E-state index contributed by atoms with van der Waals surface area (Å²) in [4.78, 5) is 4.27. The Balaban J connectivity index is 2.57. The lowest BCUT2D eigenvalue weighted by Crippen LogP contribution is -2.01. The van der Waals surface area contributed by atoms with Gasteiger partial charge in [-0.1, -0.05) is 11.6 Å². The average Bonchev–Trinajstić information content (AvgIpc) is 2.59. The fourth-order valence-electron chi connectivity index (χ4n) is 1.53. The van der Waals surface area contributed by atoms with Crippen molar-refractivity contribution in [2.75, 3.05) is 12.4 Å². The summed E-state index contributed by atoms with van der Waals surface area (Å²) in [5, 5.41) is 3.31. The second kappa shape index (κ2) is 4.14. The molecule has 0 fully saturated rings. The number of anilines is 1. The van der Waals surface area contributed by atoms with Gasteiger partial charge in [-0.3, -0.25) is 4.57 Å². The van der Waals surface area contributed by atoms with Gasteiger partial charge < -0.3 is 5.32 Å².